The van der Waals surface area contributed by atoms with Crippen LogP contribution in [0, 0.1) is 13.8 Å². The Kier molecular flexibility index (Phi) is 5.28. The summed E-state index contributed by atoms with van der Waals surface area (Å²) in [5.74, 6) is -0.387. The molecule has 26 heavy (non-hydrogen) atoms. The second kappa shape index (κ2) is 7.46. The molecule has 2 aromatic heterocycles. The van der Waals surface area contributed by atoms with Crippen LogP contribution in [0.25, 0.3) is 22.0 Å². The summed E-state index contributed by atoms with van der Waals surface area (Å²) in [7, 11) is 0. The zero-order valence-corrected chi connectivity index (χ0v) is 16.6. The number of aryl methyl sites for hydroxylation is 1. The minimum Gasteiger partial charge on any atom is -0.366 e. The minimum atomic E-state index is -0.387. The number of hydrogen-bond acceptors (Lipinski definition) is 3. The summed E-state index contributed by atoms with van der Waals surface area (Å²) in [6, 6.07) is 10.6. The molecule has 0 bridgehead atoms. The molecule has 0 atom stereocenters. The van der Waals surface area contributed by atoms with Crippen LogP contribution in [0.5, 0.6) is 0 Å². The summed E-state index contributed by atoms with van der Waals surface area (Å²) in [6.07, 6.45) is 1.98. The fraction of sp³-hybridized carbons (Fsp3) is 0.333. The Morgan fingerprint density at radius 1 is 1.19 bits per heavy atom. The smallest absolute Gasteiger partial charge is 0.250 e. The molecule has 1 aromatic carbocycles. The summed E-state index contributed by atoms with van der Waals surface area (Å²) in [5.41, 5.74) is 11.3. The molecule has 1 amide bonds. The Balaban J connectivity index is 2.10. The molecule has 0 unspecified atom stereocenters. The van der Waals surface area contributed by atoms with Gasteiger partial charge in [0.1, 0.15) is 5.01 Å². The third-order valence-corrected chi connectivity index (χ3v) is 5.82. The van der Waals surface area contributed by atoms with Gasteiger partial charge in [0.05, 0.1) is 17.0 Å². The Bertz CT molecular complexity index is 917. The topological polar surface area (TPSA) is 60.9 Å². The molecule has 0 saturated heterocycles. The number of hydrogen-bond donors (Lipinski definition) is 1. The largest absolute Gasteiger partial charge is 0.366 e. The van der Waals surface area contributed by atoms with Gasteiger partial charge in [-0.3, -0.25) is 4.79 Å². The maximum absolute atomic E-state index is 11.9. The van der Waals surface area contributed by atoms with Crippen LogP contribution in [0.4, 0.5) is 0 Å². The summed E-state index contributed by atoms with van der Waals surface area (Å²) in [5, 5.41) is 3.05. The molecule has 5 heteroatoms. The third-order valence-electron chi connectivity index (χ3n) is 4.93. The lowest BCUT2D eigenvalue weighted by atomic mass is 10.1. The maximum atomic E-state index is 11.9. The van der Waals surface area contributed by atoms with Crippen LogP contribution in [-0.4, -0.2) is 15.5 Å². The Hall–Kier alpha value is -2.40. The predicted molar refractivity (Wildman–Crippen MR) is 109 cm³/mol. The summed E-state index contributed by atoms with van der Waals surface area (Å²) in [4.78, 5) is 16.7. The van der Waals surface area contributed by atoms with E-state index >= 15 is 0 Å². The molecule has 4 nitrogen and oxygen atoms in total. The van der Waals surface area contributed by atoms with Crippen molar-refractivity contribution in [3.05, 3.63) is 52.5 Å². The fourth-order valence-corrected chi connectivity index (χ4v) is 4.23. The lowest BCUT2D eigenvalue weighted by Gasteiger charge is -2.20. The van der Waals surface area contributed by atoms with E-state index in [-0.39, 0.29) is 5.91 Å². The van der Waals surface area contributed by atoms with Gasteiger partial charge < -0.3 is 10.3 Å². The molecule has 0 aliphatic heterocycles. The molecule has 2 N–H and O–H groups in total. The zero-order valence-electron chi connectivity index (χ0n) is 15.7. The molecule has 136 valence electrons. The number of nitrogens with two attached hydrogens (primary N) is 1. The number of benzene rings is 1. The van der Waals surface area contributed by atoms with Crippen LogP contribution in [0.3, 0.4) is 0 Å². The van der Waals surface area contributed by atoms with Gasteiger partial charge in [-0.1, -0.05) is 43.7 Å². The number of carbonyl (C=O) groups excluding carboxylic acids is 1. The first-order valence-corrected chi connectivity index (χ1v) is 9.88. The van der Waals surface area contributed by atoms with E-state index in [1.807, 2.05) is 13.0 Å². The van der Waals surface area contributed by atoms with Crippen LogP contribution in [0.2, 0.25) is 0 Å². The van der Waals surface area contributed by atoms with Crippen molar-refractivity contribution >= 4 is 17.2 Å². The SMILES string of the molecule is CCC(CC)n1c(-c2csc(-c3ccc(C)cc3)n2)cc(C(N)=O)c1C. The average molecular weight is 368 g/mol. The molecule has 0 aliphatic carbocycles. The van der Waals surface area contributed by atoms with Crippen molar-refractivity contribution in [3.63, 3.8) is 0 Å². The van der Waals surface area contributed by atoms with Gasteiger partial charge in [-0.25, -0.2) is 4.98 Å². The van der Waals surface area contributed by atoms with Gasteiger partial charge in [-0.15, -0.1) is 11.3 Å². The number of nitrogens with zero attached hydrogens (tertiary/aromatic N) is 2. The third kappa shape index (κ3) is 3.31. The van der Waals surface area contributed by atoms with Gasteiger partial charge >= 0.3 is 0 Å². The summed E-state index contributed by atoms with van der Waals surface area (Å²) >= 11 is 1.62. The van der Waals surface area contributed by atoms with Gasteiger partial charge in [0.15, 0.2) is 0 Å². The molecule has 0 spiro atoms. The van der Waals surface area contributed by atoms with E-state index in [1.165, 1.54) is 5.56 Å². The van der Waals surface area contributed by atoms with Crippen molar-refractivity contribution in [3.8, 4) is 22.0 Å². The summed E-state index contributed by atoms with van der Waals surface area (Å²) < 4.78 is 2.23. The monoisotopic (exact) mass is 367 g/mol. The Morgan fingerprint density at radius 3 is 2.42 bits per heavy atom. The number of primary amides is 1. The van der Waals surface area contributed by atoms with E-state index in [9.17, 15) is 4.79 Å². The number of rotatable bonds is 6. The fourth-order valence-electron chi connectivity index (χ4n) is 3.41. The lowest BCUT2D eigenvalue weighted by Crippen LogP contribution is -2.14. The number of amides is 1. The minimum absolute atomic E-state index is 0.322. The van der Waals surface area contributed by atoms with Gasteiger partial charge in [-0.05, 0) is 32.8 Å². The molecular weight excluding hydrogens is 342 g/mol. The maximum Gasteiger partial charge on any atom is 0.250 e. The van der Waals surface area contributed by atoms with Crippen LogP contribution >= 0.6 is 11.3 Å². The molecule has 0 saturated carbocycles. The standard InChI is InChI=1S/C21H25N3OS/c1-5-16(6-2)24-14(4)17(20(22)25)11-19(24)18-12-26-21(23-18)15-9-7-13(3)8-10-15/h7-12,16H,5-6H2,1-4H3,(H2,22,25). The van der Waals surface area contributed by atoms with Crippen molar-refractivity contribution in [2.45, 2.75) is 46.6 Å². The van der Waals surface area contributed by atoms with Crippen molar-refractivity contribution in [1.82, 2.24) is 9.55 Å². The second-order valence-electron chi connectivity index (χ2n) is 6.64. The second-order valence-corrected chi connectivity index (χ2v) is 7.50. The number of thiazole rings is 1. The van der Waals surface area contributed by atoms with Gasteiger partial charge in [0, 0.05) is 22.7 Å². The number of carbonyl (C=O) groups is 1. The van der Waals surface area contributed by atoms with Gasteiger partial charge in [0.25, 0.3) is 5.91 Å². The number of aromatic nitrogens is 2. The Morgan fingerprint density at radius 2 is 1.85 bits per heavy atom. The highest BCUT2D eigenvalue weighted by molar-refractivity contribution is 7.13. The van der Waals surface area contributed by atoms with E-state index in [1.54, 1.807) is 11.3 Å². The highest BCUT2D eigenvalue weighted by atomic mass is 32.1. The molecule has 0 fully saturated rings. The Labute approximate surface area is 158 Å². The summed E-state index contributed by atoms with van der Waals surface area (Å²) in [6.45, 7) is 8.38. The molecular formula is C21H25N3OS. The van der Waals surface area contributed by atoms with E-state index in [2.05, 4.69) is 55.0 Å². The first-order chi connectivity index (χ1) is 12.5. The van der Waals surface area contributed by atoms with Crippen molar-refractivity contribution in [1.29, 1.82) is 0 Å². The van der Waals surface area contributed by atoms with Crippen LogP contribution in [0.1, 0.15) is 54.3 Å². The van der Waals surface area contributed by atoms with Gasteiger partial charge in [0.2, 0.25) is 0 Å². The van der Waals surface area contributed by atoms with E-state index in [0.717, 1.165) is 40.5 Å². The van der Waals surface area contributed by atoms with E-state index in [0.29, 0.717) is 11.6 Å². The van der Waals surface area contributed by atoms with Gasteiger partial charge in [-0.2, -0.15) is 0 Å². The molecule has 3 aromatic rings. The zero-order chi connectivity index (χ0) is 18.8. The predicted octanol–water partition coefficient (Wildman–Crippen LogP) is 5.36. The molecule has 0 aliphatic rings. The van der Waals surface area contributed by atoms with Crippen LogP contribution < -0.4 is 5.73 Å². The van der Waals surface area contributed by atoms with E-state index < -0.39 is 0 Å². The molecule has 0 radical (unpaired) electrons. The molecule has 2 heterocycles. The quantitative estimate of drug-likeness (QED) is 0.638. The normalized spacial score (nSPS) is 11.3. The first kappa shape index (κ1) is 18.4. The average Bonchev–Trinajstić information content (AvgIpc) is 3.22. The highest BCUT2D eigenvalue weighted by Crippen LogP contribution is 2.34. The first-order valence-electron chi connectivity index (χ1n) is 9.00. The van der Waals surface area contributed by atoms with Crippen LogP contribution in [0.15, 0.2) is 35.7 Å². The van der Waals surface area contributed by atoms with E-state index in [4.69, 9.17) is 10.7 Å². The highest BCUT2D eigenvalue weighted by Gasteiger charge is 2.22. The molecule has 3 rings (SSSR count). The van der Waals surface area contributed by atoms with Crippen molar-refractivity contribution in [2.24, 2.45) is 5.73 Å². The van der Waals surface area contributed by atoms with Crippen molar-refractivity contribution < 1.29 is 4.79 Å². The lowest BCUT2D eigenvalue weighted by molar-refractivity contribution is 0.0999. The van der Waals surface area contributed by atoms with Crippen molar-refractivity contribution in [2.75, 3.05) is 0 Å². The van der Waals surface area contributed by atoms with Crippen LogP contribution in [-0.2, 0) is 0 Å².